The summed E-state index contributed by atoms with van der Waals surface area (Å²) in [5.41, 5.74) is 3.21. The van der Waals surface area contributed by atoms with Gasteiger partial charge in [-0.1, -0.05) is 43.3 Å². The first-order chi connectivity index (χ1) is 16.5. The number of halogens is 3. The summed E-state index contributed by atoms with van der Waals surface area (Å²) in [6, 6.07) is 19.0. The van der Waals surface area contributed by atoms with Gasteiger partial charge in [-0.05, 0) is 72.0 Å². The molecule has 0 amide bonds. The van der Waals surface area contributed by atoms with Crippen molar-refractivity contribution in [3.05, 3.63) is 71.8 Å². The monoisotopic (exact) mass is 508 g/mol. The van der Waals surface area contributed by atoms with Crippen LogP contribution in [0.15, 0.2) is 65.6 Å². The van der Waals surface area contributed by atoms with Crippen LogP contribution in [-0.4, -0.2) is 50.2 Å². The van der Waals surface area contributed by atoms with E-state index in [1.54, 1.807) is 12.1 Å². The number of nitrogens with zero attached hydrogens (tertiary/aromatic N) is 1. The first kappa shape index (κ1) is 26.5. The highest BCUT2D eigenvalue weighted by Gasteiger charge is 2.38. The van der Waals surface area contributed by atoms with Gasteiger partial charge in [0.15, 0.2) is 0 Å². The molecule has 6 nitrogen and oxygen atoms in total. The van der Waals surface area contributed by atoms with Crippen molar-refractivity contribution >= 4 is 32.5 Å². The van der Waals surface area contributed by atoms with Gasteiger partial charge in [0.1, 0.15) is 0 Å². The number of alkyl halides is 3. The van der Waals surface area contributed by atoms with Crippen molar-refractivity contribution in [3.63, 3.8) is 0 Å². The fourth-order valence-corrected chi connectivity index (χ4v) is 5.01. The molecule has 0 bridgehead atoms. The molecule has 1 heterocycles. The molecule has 2 N–H and O–H groups in total. The number of aliphatic carboxylic acids is 1. The Kier molecular flexibility index (Phi) is 8.39. The van der Waals surface area contributed by atoms with Gasteiger partial charge in [-0.2, -0.15) is 13.2 Å². The molecular formula is C25H27F3N2O4S. The van der Waals surface area contributed by atoms with Crippen molar-refractivity contribution in [1.29, 1.82) is 0 Å². The molecule has 0 unspecified atom stereocenters. The summed E-state index contributed by atoms with van der Waals surface area (Å²) < 4.78 is 60.3. The van der Waals surface area contributed by atoms with Gasteiger partial charge in [-0.3, -0.25) is 4.72 Å². The summed E-state index contributed by atoms with van der Waals surface area (Å²) in [5.74, 6) is -2.76. The summed E-state index contributed by atoms with van der Waals surface area (Å²) in [6.07, 6.45) is -1.94. The third-order valence-corrected chi connectivity index (χ3v) is 7.05. The molecule has 0 fully saturated rings. The van der Waals surface area contributed by atoms with Gasteiger partial charge in [0, 0.05) is 18.8 Å². The minimum Gasteiger partial charge on any atom is -0.475 e. The van der Waals surface area contributed by atoms with Crippen LogP contribution in [0.1, 0.15) is 24.5 Å². The second-order valence-corrected chi connectivity index (χ2v) is 9.92. The third-order valence-electron chi connectivity index (χ3n) is 5.67. The largest absolute Gasteiger partial charge is 0.490 e. The average molecular weight is 509 g/mol. The van der Waals surface area contributed by atoms with E-state index in [1.165, 1.54) is 11.1 Å². The quantitative estimate of drug-likeness (QED) is 0.502. The first-order valence-electron chi connectivity index (χ1n) is 11.2. The van der Waals surface area contributed by atoms with Crippen LogP contribution in [0.2, 0.25) is 0 Å². The number of carbonyl (C=O) groups is 1. The van der Waals surface area contributed by atoms with Gasteiger partial charge in [-0.25, -0.2) is 13.2 Å². The minimum absolute atomic E-state index is 0.287. The maximum atomic E-state index is 12.9. The lowest BCUT2D eigenvalue weighted by Gasteiger charge is -2.18. The maximum Gasteiger partial charge on any atom is 0.490 e. The highest BCUT2D eigenvalue weighted by Crippen LogP contribution is 2.24. The van der Waals surface area contributed by atoms with Crippen LogP contribution in [0, 0.1) is 0 Å². The van der Waals surface area contributed by atoms with Crippen molar-refractivity contribution in [2.45, 2.75) is 37.3 Å². The van der Waals surface area contributed by atoms with Crippen molar-refractivity contribution in [2.24, 2.45) is 0 Å². The van der Waals surface area contributed by atoms with Crippen LogP contribution in [0.25, 0.3) is 10.8 Å². The van der Waals surface area contributed by atoms with Gasteiger partial charge in [-0.15, -0.1) is 0 Å². The summed E-state index contributed by atoms with van der Waals surface area (Å²) in [4.78, 5) is 11.7. The Balaban J connectivity index is 0.000000429. The summed E-state index contributed by atoms with van der Waals surface area (Å²) in [6.45, 7) is 5.43. The van der Waals surface area contributed by atoms with E-state index in [9.17, 15) is 21.6 Å². The fourth-order valence-electron chi connectivity index (χ4n) is 3.92. The minimum atomic E-state index is -5.08. The zero-order valence-electron chi connectivity index (χ0n) is 19.2. The second-order valence-electron chi connectivity index (χ2n) is 8.24. The molecule has 0 aliphatic carbocycles. The predicted molar refractivity (Wildman–Crippen MR) is 129 cm³/mol. The number of carboxylic acid groups (broad SMARTS) is 1. The standard InChI is InChI=1S/C23H26N2O2S.C2HF3O2/c1-2-13-25-14-11-19-7-9-22(16-21(19)12-15-25)24-28(26,27)23-10-8-18-5-3-4-6-20(18)17-23;3-2(4,5)1(6)7/h3-10,16-17,24H,2,11-15H2,1H3;(H,6,7). The summed E-state index contributed by atoms with van der Waals surface area (Å²) in [7, 11) is -3.62. The molecule has 0 atom stereocenters. The van der Waals surface area contributed by atoms with Gasteiger partial charge in [0.25, 0.3) is 10.0 Å². The third kappa shape index (κ3) is 7.19. The Hall–Kier alpha value is -3.11. The molecule has 0 saturated carbocycles. The summed E-state index contributed by atoms with van der Waals surface area (Å²) >= 11 is 0. The molecule has 4 rings (SSSR count). The number of fused-ring (bicyclic) bond motifs is 2. The zero-order chi connectivity index (χ0) is 25.6. The van der Waals surface area contributed by atoms with E-state index in [0.717, 1.165) is 49.7 Å². The van der Waals surface area contributed by atoms with E-state index in [0.29, 0.717) is 5.69 Å². The number of hydrogen-bond donors (Lipinski definition) is 2. The number of carboxylic acids is 1. The van der Waals surface area contributed by atoms with E-state index in [1.807, 2.05) is 42.5 Å². The van der Waals surface area contributed by atoms with Gasteiger partial charge < -0.3 is 10.0 Å². The first-order valence-corrected chi connectivity index (χ1v) is 12.6. The number of hydrogen-bond acceptors (Lipinski definition) is 4. The molecule has 0 saturated heterocycles. The Morgan fingerprint density at radius 2 is 1.60 bits per heavy atom. The average Bonchev–Trinajstić information content (AvgIpc) is 3.00. The van der Waals surface area contributed by atoms with Crippen molar-refractivity contribution in [1.82, 2.24) is 4.90 Å². The number of rotatable bonds is 5. The Morgan fingerprint density at radius 3 is 2.23 bits per heavy atom. The molecule has 0 radical (unpaired) electrons. The van der Waals surface area contributed by atoms with E-state index < -0.39 is 22.2 Å². The van der Waals surface area contributed by atoms with Crippen LogP contribution < -0.4 is 4.72 Å². The topological polar surface area (TPSA) is 86.7 Å². The number of anilines is 1. The Bertz CT molecular complexity index is 1290. The molecule has 0 aromatic heterocycles. The predicted octanol–water partition coefficient (Wildman–Crippen LogP) is 5.08. The molecule has 188 valence electrons. The second kappa shape index (κ2) is 11.1. The summed E-state index contributed by atoms with van der Waals surface area (Å²) in [5, 5.41) is 9.08. The Labute approximate surface area is 202 Å². The highest BCUT2D eigenvalue weighted by atomic mass is 32.2. The SMILES string of the molecule is CCCN1CCc2ccc(NS(=O)(=O)c3ccc4ccccc4c3)cc2CC1.O=C(O)C(F)(F)F. The molecule has 1 aliphatic rings. The van der Waals surface area contributed by atoms with Crippen LogP contribution in [0.5, 0.6) is 0 Å². The maximum absolute atomic E-state index is 12.9. The molecule has 10 heteroatoms. The van der Waals surface area contributed by atoms with Gasteiger partial charge in [0.05, 0.1) is 4.90 Å². The Morgan fingerprint density at radius 1 is 0.971 bits per heavy atom. The van der Waals surface area contributed by atoms with E-state index in [2.05, 4.69) is 22.6 Å². The highest BCUT2D eigenvalue weighted by molar-refractivity contribution is 7.92. The van der Waals surface area contributed by atoms with Crippen molar-refractivity contribution in [3.8, 4) is 0 Å². The van der Waals surface area contributed by atoms with E-state index in [-0.39, 0.29) is 4.90 Å². The number of sulfonamides is 1. The molecule has 0 spiro atoms. The van der Waals surface area contributed by atoms with Gasteiger partial charge in [0.2, 0.25) is 0 Å². The number of nitrogens with one attached hydrogen (secondary N) is 1. The normalized spacial score (nSPS) is 14.4. The van der Waals surface area contributed by atoms with Crippen molar-refractivity contribution < 1.29 is 31.5 Å². The molecule has 35 heavy (non-hydrogen) atoms. The lowest BCUT2D eigenvalue weighted by Crippen LogP contribution is -2.27. The fraction of sp³-hybridized carbons (Fsp3) is 0.320. The van der Waals surface area contributed by atoms with Crippen LogP contribution in [0.4, 0.5) is 18.9 Å². The smallest absolute Gasteiger partial charge is 0.475 e. The van der Waals surface area contributed by atoms with Gasteiger partial charge >= 0.3 is 12.1 Å². The molecule has 3 aromatic carbocycles. The molecule has 1 aliphatic heterocycles. The van der Waals surface area contributed by atoms with Crippen LogP contribution in [0.3, 0.4) is 0 Å². The van der Waals surface area contributed by atoms with Crippen molar-refractivity contribution in [2.75, 3.05) is 24.4 Å². The lowest BCUT2D eigenvalue weighted by atomic mass is 10.0. The zero-order valence-corrected chi connectivity index (χ0v) is 20.0. The van der Waals surface area contributed by atoms with E-state index >= 15 is 0 Å². The number of benzene rings is 3. The molecular weight excluding hydrogens is 481 g/mol. The van der Waals surface area contributed by atoms with E-state index in [4.69, 9.17) is 9.90 Å². The lowest BCUT2D eigenvalue weighted by molar-refractivity contribution is -0.192. The van der Waals surface area contributed by atoms with Crippen LogP contribution >= 0.6 is 0 Å². The molecule has 3 aromatic rings. The van der Waals surface area contributed by atoms with Crippen LogP contribution in [-0.2, 0) is 27.7 Å².